The Morgan fingerprint density at radius 1 is 1.25 bits per heavy atom. The molecule has 2 rings (SSSR count). The van der Waals surface area contributed by atoms with Crippen LogP contribution in [-0.4, -0.2) is 14.2 Å². The summed E-state index contributed by atoms with van der Waals surface area (Å²) < 4.78 is 11.6. The van der Waals surface area contributed by atoms with Crippen LogP contribution in [0.1, 0.15) is 23.4 Å². The molecule has 0 saturated heterocycles. The minimum atomic E-state index is 0.329. The molecule has 1 aromatic carbocycles. The Hall–Kier alpha value is -1.04. The molecule has 1 atom stereocenters. The van der Waals surface area contributed by atoms with Gasteiger partial charge in [-0.3, -0.25) is 0 Å². The van der Waals surface area contributed by atoms with E-state index in [-0.39, 0.29) is 0 Å². The topological polar surface area (TPSA) is 30.5 Å². The highest BCUT2D eigenvalue weighted by molar-refractivity contribution is 9.10. The van der Waals surface area contributed by atoms with Crippen LogP contribution in [0.2, 0.25) is 0 Å². The van der Waals surface area contributed by atoms with Gasteiger partial charge in [0.1, 0.15) is 0 Å². The first-order valence-electron chi connectivity index (χ1n) is 6.33. The van der Waals surface area contributed by atoms with Crippen molar-refractivity contribution in [2.75, 3.05) is 14.2 Å². The van der Waals surface area contributed by atoms with E-state index in [4.69, 9.17) is 9.47 Å². The molecule has 5 heteroatoms. The predicted molar refractivity (Wildman–Crippen MR) is 86.8 cm³/mol. The van der Waals surface area contributed by atoms with Gasteiger partial charge in [-0.15, -0.1) is 11.3 Å². The SMILES string of the molecule is COc1cc(Br)c(CN[C@H](C)c2cccs2)cc1OC. The Bertz CT molecular complexity index is 557. The summed E-state index contributed by atoms with van der Waals surface area (Å²) in [5.74, 6) is 1.48. The smallest absolute Gasteiger partial charge is 0.161 e. The third kappa shape index (κ3) is 3.53. The summed E-state index contributed by atoms with van der Waals surface area (Å²) in [6.45, 7) is 2.93. The van der Waals surface area contributed by atoms with Crippen molar-refractivity contribution in [2.24, 2.45) is 0 Å². The zero-order valence-electron chi connectivity index (χ0n) is 11.8. The van der Waals surface area contributed by atoms with Crippen molar-refractivity contribution in [1.82, 2.24) is 5.32 Å². The van der Waals surface area contributed by atoms with E-state index in [1.807, 2.05) is 12.1 Å². The van der Waals surface area contributed by atoms with Crippen molar-refractivity contribution in [3.8, 4) is 11.5 Å². The van der Waals surface area contributed by atoms with E-state index < -0.39 is 0 Å². The highest BCUT2D eigenvalue weighted by atomic mass is 79.9. The number of benzene rings is 1. The maximum Gasteiger partial charge on any atom is 0.161 e. The molecule has 0 spiro atoms. The zero-order chi connectivity index (χ0) is 14.5. The second-order valence-corrected chi connectivity index (χ2v) is 6.25. The van der Waals surface area contributed by atoms with Crippen LogP contribution in [0.25, 0.3) is 0 Å². The van der Waals surface area contributed by atoms with E-state index >= 15 is 0 Å². The molecule has 0 aliphatic heterocycles. The van der Waals surface area contributed by atoms with E-state index in [2.05, 4.69) is 45.7 Å². The first kappa shape index (κ1) is 15.4. The number of halogens is 1. The molecule has 0 aliphatic carbocycles. The van der Waals surface area contributed by atoms with Gasteiger partial charge in [-0.1, -0.05) is 22.0 Å². The van der Waals surface area contributed by atoms with Gasteiger partial charge in [0.15, 0.2) is 11.5 Å². The molecule has 0 fully saturated rings. The number of methoxy groups -OCH3 is 2. The molecule has 0 radical (unpaired) electrons. The van der Waals surface area contributed by atoms with E-state index in [1.165, 1.54) is 4.88 Å². The Morgan fingerprint density at radius 2 is 1.95 bits per heavy atom. The Morgan fingerprint density at radius 3 is 2.55 bits per heavy atom. The van der Waals surface area contributed by atoms with Crippen LogP contribution >= 0.6 is 27.3 Å². The average Bonchev–Trinajstić information content (AvgIpc) is 2.99. The predicted octanol–water partition coefficient (Wildman–Crippen LogP) is 4.38. The second kappa shape index (κ2) is 7.11. The van der Waals surface area contributed by atoms with E-state index in [9.17, 15) is 0 Å². The summed E-state index contributed by atoms with van der Waals surface area (Å²) >= 11 is 5.34. The highest BCUT2D eigenvalue weighted by Gasteiger charge is 2.11. The fourth-order valence-electron chi connectivity index (χ4n) is 1.93. The fourth-order valence-corrected chi connectivity index (χ4v) is 3.15. The van der Waals surface area contributed by atoms with Gasteiger partial charge in [0.2, 0.25) is 0 Å². The monoisotopic (exact) mass is 355 g/mol. The molecule has 108 valence electrons. The first-order valence-corrected chi connectivity index (χ1v) is 8.00. The van der Waals surface area contributed by atoms with Crippen molar-refractivity contribution in [1.29, 1.82) is 0 Å². The third-order valence-corrected chi connectivity index (χ3v) is 4.91. The number of hydrogen-bond acceptors (Lipinski definition) is 4. The molecule has 1 aromatic heterocycles. The van der Waals surface area contributed by atoms with Crippen molar-refractivity contribution in [3.05, 3.63) is 44.6 Å². The number of thiophene rings is 1. The maximum atomic E-state index is 5.34. The average molecular weight is 356 g/mol. The second-order valence-electron chi connectivity index (χ2n) is 4.42. The van der Waals surface area contributed by atoms with Crippen LogP contribution < -0.4 is 14.8 Å². The minimum absolute atomic E-state index is 0.329. The van der Waals surface area contributed by atoms with Crippen molar-refractivity contribution >= 4 is 27.3 Å². The lowest BCUT2D eigenvalue weighted by Gasteiger charge is -2.15. The van der Waals surface area contributed by atoms with Gasteiger partial charge in [0.05, 0.1) is 14.2 Å². The van der Waals surface area contributed by atoms with E-state index in [0.717, 1.165) is 28.1 Å². The van der Waals surface area contributed by atoms with Gasteiger partial charge in [0, 0.05) is 21.9 Å². The molecule has 0 unspecified atom stereocenters. The van der Waals surface area contributed by atoms with Crippen LogP contribution in [-0.2, 0) is 6.54 Å². The van der Waals surface area contributed by atoms with Crippen LogP contribution in [0, 0.1) is 0 Å². The van der Waals surface area contributed by atoms with Gasteiger partial charge in [0.25, 0.3) is 0 Å². The number of hydrogen-bond donors (Lipinski definition) is 1. The lowest BCUT2D eigenvalue weighted by Crippen LogP contribution is -2.17. The number of nitrogens with one attached hydrogen (secondary N) is 1. The standard InChI is InChI=1S/C15H18BrNO2S/c1-10(15-5-4-6-20-15)17-9-11-7-13(18-2)14(19-3)8-12(11)16/h4-8,10,17H,9H2,1-3H3/t10-/m1/s1. The summed E-state index contributed by atoms with van der Waals surface area (Å²) in [5.41, 5.74) is 1.14. The van der Waals surface area contributed by atoms with Crippen LogP contribution in [0.3, 0.4) is 0 Å². The molecule has 0 bridgehead atoms. The summed E-state index contributed by atoms with van der Waals surface area (Å²) in [4.78, 5) is 1.33. The van der Waals surface area contributed by atoms with Crippen LogP contribution in [0.5, 0.6) is 11.5 Å². The van der Waals surface area contributed by atoms with Gasteiger partial charge in [-0.2, -0.15) is 0 Å². The minimum Gasteiger partial charge on any atom is -0.493 e. The van der Waals surface area contributed by atoms with Crippen molar-refractivity contribution in [2.45, 2.75) is 19.5 Å². The maximum absolute atomic E-state index is 5.34. The molecular weight excluding hydrogens is 338 g/mol. The normalized spacial score (nSPS) is 12.2. The first-order chi connectivity index (χ1) is 9.65. The zero-order valence-corrected chi connectivity index (χ0v) is 14.2. The van der Waals surface area contributed by atoms with Gasteiger partial charge in [-0.25, -0.2) is 0 Å². The summed E-state index contributed by atoms with van der Waals surface area (Å²) in [5, 5.41) is 5.61. The Kier molecular flexibility index (Phi) is 5.46. The van der Waals surface area contributed by atoms with Crippen molar-refractivity contribution < 1.29 is 9.47 Å². The molecule has 1 N–H and O–H groups in total. The molecule has 3 nitrogen and oxygen atoms in total. The lowest BCUT2D eigenvalue weighted by molar-refractivity contribution is 0.354. The lowest BCUT2D eigenvalue weighted by atomic mass is 10.2. The molecule has 20 heavy (non-hydrogen) atoms. The van der Waals surface area contributed by atoms with Gasteiger partial charge >= 0.3 is 0 Å². The van der Waals surface area contributed by atoms with E-state index in [0.29, 0.717) is 6.04 Å². The molecule has 0 amide bonds. The highest BCUT2D eigenvalue weighted by Crippen LogP contribution is 2.33. The summed E-state index contributed by atoms with van der Waals surface area (Å²) in [7, 11) is 3.29. The Balaban J connectivity index is 2.09. The summed E-state index contributed by atoms with van der Waals surface area (Å²) in [6, 6.07) is 8.48. The molecule has 0 saturated carbocycles. The van der Waals surface area contributed by atoms with Gasteiger partial charge in [-0.05, 0) is 36.1 Å². The Labute approximate surface area is 132 Å². The molecule has 0 aliphatic rings. The number of ether oxygens (including phenoxy) is 2. The van der Waals surface area contributed by atoms with E-state index in [1.54, 1.807) is 25.6 Å². The fraction of sp³-hybridized carbons (Fsp3) is 0.333. The van der Waals surface area contributed by atoms with Gasteiger partial charge < -0.3 is 14.8 Å². The quantitative estimate of drug-likeness (QED) is 0.833. The summed E-state index contributed by atoms with van der Waals surface area (Å²) in [6.07, 6.45) is 0. The molecular formula is C15H18BrNO2S. The third-order valence-electron chi connectivity index (χ3n) is 3.12. The largest absolute Gasteiger partial charge is 0.493 e. The van der Waals surface area contributed by atoms with Crippen LogP contribution in [0.4, 0.5) is 0 Å². The van der Waals surface area contributed by atoms with Crippen molar-refractivity contribution in [3.63, 3.8) is 0 Å². The number of rotatable bonds is 6. The molecule has 1 heterocycles. The molecule has 2 aromatic rings. The van der Waals surface area contributed by atoms with Crippen LogP contribution in [0.15, 0.2) is 34.1 Å².